The zero-order valence-electron chi connectivity index (χ0n) is 9.36. The topological polar surface area (TPSA) is 50.9 Å². The van der Waals surface area contributed by atoms with Crippen LogP contribution in [0.15, 0.2) is 16.8 Å². The third kappa shape index (κ3) is 2.49. The molecular weight excluding hydrogens is 238 g/mol. The molecule has 0 spiro atoms. The summed E-state index contributed by atoms with van der Waals surface area (Å²) < 4.78 is 0. The summed E-state index contributed by atoms with van der Waals surface area (Å²) in [6.07, 6.45) is 0.846. The van der Waals surface area contributed by atoms with Gasteiger partial charge in [0.1, 0.15) is 0 Å². The van der Waals surface area contributed by atoms with E-state index in [9.17, 15) is 0 Å². The molecule has 0 saturated carbocycles. The molecule has 3 nitrogen and oxygen atoms in total. The first-order chi connectivity index (χ1) is 7.70. The Morgan fingerprint density at radius 3 is 2.75 bits per heavy atom. The molecule has 2 aromatic heterocycles. The number of nitrogens with one attached hydrogen (secondary N) is 1. The Balaban J connectivity index is 2.15. The quantitative estimate of drug-likeness (QED) is 0.650. The summed E-state index contributed by atoms with van der Waals surface area (Å²) >= 11 is 3.43. The van der Waals surface area contributed by atoms with Crippen molar-refractivity contribution in [1.29, 1.82) is 0 Å². The van der Waals surface area contributed by atoms with E-state index in [1.807, 2.05) is 6.92 Å². The van der Waals surface area contributed by atoms with Crippen LogP contribution >= 0.6 is 22.7 Å². The Kier molecular flexibility index (Phi) is 3.70. The van der Waals surface area contributed by atoms with Crippen LogP contribution in [0.5, 0.6) is 0 Å². The Morgan fingerprint density at radius 2 is 2.25 bits per heavy atom. The van der Waals surface area contributed by atoms with E-state index in [2.05, 4.69) is 34.2 Å². The van der Waals surface area contributed by atoms with E-state index >= 15 is 0 Å². The third-order valence-corrected chi connectivity index (χ3v) is 4.24. The SMILES string of the molecule is Cc1nc(CC(NN)c2ccsc2C)cs1. The lowest BCUT2D eigenvalue weighted by Crippen LogP contribution is -2.29. The van der Waals surface area contributed by atoms with Crippen LogP contribution in [-0.2, 0) is 6.42 Å². The summed E-state index contributed by atoms with van der Waals surface area (Å²) in [5.74, 6) is 5.62. The van der Waals surface area contributed by atoms with Gasteiger partial charge in [-0.1, -0.05) is 0 Å². The minimum Gasteiger partial charge on any atom is -0.271 e. The highest BCUT2D eigenvalue weighted by Gasteiger charge is 2.15. The summed E-state index contributed by atoms with van der Waals surface area (Å²) in [6, 6.07) is 2.29. The summed E-state index contributed by atoms with van der Waals surface area (Å²) in [6.45, 7) is 4.14. The van der Waals surface area contributed by atoms with Gasteiger partial charge in [0, 0.05) is 16.7 Å². The first-order valence-electron chi connectivity index (χ1n) is 5.12. The molecule has 0 aliphatic carbocycles. The lowest BCUT2D eigenvalue weighted by atomic mass is 10.0. The van der Waals surface area contributed by atoms with Crippen LogP contribution in [0.2, 0.25) is 0 Å². The molecule has 16 heavy (non-hydrogen) atoms. The van der Waals surface area contributed by atoms with Crippen molar-refractivity contribution in [1.82, 2.24) is 10.4 Å². The first-order valence-corrected chi connectivity index (χ1v) is 6.87. The molecule has 0 bridgehead atoms. The first kappa shape index (κ1) is 11.7. The number of thiazole rings is 1. The van der Waals surface area contributed by atoms with Crippen molar-refractivity contribution in [2.45, 2.75) is 26.3 Å². The average Bonchev–Trinajstić information content (AvgIpc) is 2.84. The van der Waals surface area contributed by atoms with Crippen molar-refractivity contribution in [3.8, 4) is 0 Å². The monoisotopic (exact) mass is 253 g/mol. The Morgan fingerprint density at radius 1 is 1.44 bits per heavy atom. The fraction of sp³-hybridized carbons (Fsp3) is 0.364. The van der Waals surface area contributed by atoms with Crippen molar-refractivity contribution in [2.75, 3.05) is 0 Å². The number of rotatable bonds is 4. The maximum atomic E-state index is 5.62. The van der Waals surface area contributed by atoms with Crippen LogP contribution in [0.3, 0.4) is 0 Å². The lowest BCUT2D eigenvalue weighted by Gasteiger charge is -2.14. The number of thiophene rings is 1. The van der Waals surface area contributed by atoms with Gasteiger partial charge in [-0.2, -0.15) is 0 Å². The van der Waals surface area contributed by atoms with E-state index in [1.54, 1.807) is 22.7 Å². The van der Waals surface area contributed by atoms with E-state index in [0.717, 1.165) is 17.1 Å². The average molecular weight is 253 g/mol. The largest absolute Gasteiger partial charge is 0.271 e. The van der Waals surface area contributed by atoms with Crippen LogP contribution in [0.4, 0.5) is 0 Å². The van der Waals surface area contributed by atoms with Gasteiger partial charge >= 0.3 is 0 Å². The maximum Gasteiger partial charge on any atom is 0.0897 e. The van der Waals surface area contributed by atoms with Gasteiger partial charge in [-0.15, -0.1) is 22.7 Å². The molecule has 0 fully saturated rings. The summed E-state index contributed by atoms with van der Waals surface area (Å²) in [5, 5.41) is 5.30. The molecule has 0 aliphatic rings. The second-order valence-electron chi connectivity index (χ2n) is 3.71. The van der Waals surface area contributed by atoms with Gasteiger partial charge in [0.25, 0.3) is 0 Å². The molecule has 0 amide bonds. The zero-order chi connectivity index (χ0) is 11.5. The summed E-state index contributed by atoms with van der Waals surface area (Å²) in [4.78, 5) is 5.78. The minimum atomic E-state index is 0.160. The van der Waals surface area contributed by atoms with Gasteiger partial charge < -0.3 is 0 Å². The fourth-order valence-corrected chi connectivity index (χ4v) is 3.12. The van der Waals surface area contributed by atoms with E-state index in [-0.39, 0.29) is 6.04 Å². The van der Waals surface area contributed by atoms with Crippen molar-refractivity contribution in [3.05, 3.63) is 38.0 Å². The maximum absolute atomic E-state index is 5.62. The van der Waals surface area contributed by atoms with Gasteiger partial charge in [0.05, 0.1) is 16.7 Å². The van der Waals surface area contributed by atoms with E-state index in [4.69, 9.17) is 5.84 Å². The molecular formula is C11H15N3S2. The van der Waals surface area contributed by atoms with Crippen molar-refractivity contribution in [3.63, 3.8) is 0 Å². The molecule has 0 aliphatic heterocycles. The Hall–Kier alpha value is -0.750. The minimum absolute atomic E-state index is 0.160. The molecule has 0 saturated heterocycles. The molecule has 0 aromatic carbocycles. The molecule has 2 heterocycles. The molecule has 2 aromatic rings. The highest BCUT2D eigenvalue weighted by atomic mass is 32.1. The molecule has 0 radical (unpaired) electrons. The predicted molar refractivity (Wildman–Crippen MR) is 69.7 cm³/mol. The molecule has 1 atom stereocenters. The van der Waals surface area contributed by atoms with E-state index in [1.165, 1.54) is 10.4 Å². The van der Waals surface area contributed by atoms with Gasteiger partial charge in [-0.05, 0) is 30.9 Å². The van der Waals surface area contributed by atoms with E-state index in [0.29, 0.717) is 0 Å². The smallest absolute Gasteiger partial charge is 0.0897 e. The van der Waals surface area contributed by atoms with Gasteiger partial charge in [0.2, 0.25) is 0 Å². The van der Waals surface area contributed by atoms with Crippen LogP contribution in [-0.4, -0.2) is 4.98 Å². The van der Waals surface area contributed by atoms with Crippen molar-refractivity contribution < 1.29 is 0 Å². The number of hydrogen-bond acceptors (Lipinski definition) is 5. The standard InChI is InChI=1S/C11H15N3S2/c1-7-10(3-4-15-7)11(14-12)5-9-6-16-8(2)13-9/h3-4,6,11,14H,5,12H2,1-2H3. The number of nitrogens with zero attached hydrogens (tertiary/aromatic N) is 1. The molecule has 1 unspecified atom stereocenters. The molecule has 3 N–H and O–H groups in total. The number of hydrazine groups is 1. The number of nitrogens with two attached hydrogens (primary N) is 1. The second-order valence-corrected chi connectivity index (χ2v) is 5.90. The lowest BCUT2D eigenvalue weighted by molar-refractivity contribution is 0.546. The Labute approximate surface area is 103 Å². The fourth-order valence-electron chi connectivity index (χ4n) is 1.73. The summed E-state index contributed by atoms with van der Waals surface area (Å²) in [5.41, 5.74) is 5.26. The Bertz CT molecular complexity index is 461. The number of hydrogen-bond donors (Lipinski definition) is 2. The van der Waals surface area contributed by atoms with Crippen LogP contribution < -0.4 is 11.3 Å². The van der Waals surface area contributed by atoms with Gasteiger partial charge in [0.15, 0.2) is 0 Å². The van der Waals surface area contributed by atoms with Crippen LogP contribution in [0.25, 0.3) is 0 Å². The highest BCUT2D eigenvalue weighted by Crippen LogP contribution is 2.25. The van der Waals surface area contributed by atoms with Gasteiger partial charge in [-0.3, -0.25) is 11.3 Å². The summed E-state index contributed by atoms with van der Waals surface area (Å²) in [7, 11) is 0. The number of aromatic nitrogens is 1. The molecule has 5 heteroatoms. The van der Waals surface area contributed by atoms with E-state index < -0.39 is 0 Å². The van der Waals surface area contributed by atoms with Crippen LogP contribution in [0, 0.1) is 13.8 Å². The molecule has 2 rings (SSSR count). The van der Waals surface area contributed by atoms with Crippen molar-refractivity contribution >= 4 is 22.7 Å². The highest BCUT2D eigenvalue weighted by molar-refractivity contribution is 7.10. The predicted octanol–water partition coefficient (Wildman–Crippen LogP) is 2.57. The second kappa shape index (κ2) is 5.05. The third-order valence-electron chi connectivity index (χ3n) is 2.56. The van der Waals surface area contributed by atoms with Crippen molar-refractivity contribution in [2.24, 2.45) is 5.84 Å². The number of aryl methyl sites for hydroxylation is 2. The molecule has 86 valence electrons. The van der Waals surface area contributed by atoms with Crippen LogP contribution in [0.1, 0.15) is 27.2 Å². The van der Waals surface area contributed by atoms with Gasteiger partial charge in [-0.25, -0.2) is 4.98 Å². The normalized spacial score (nSPS) is 12.9. The zero-order valence-corrected chi connectivity index (χ0v) is 11.0.